The molecule has 0 spiro atoms. The van der Waals surface area contributed by atoms with Crippen molar-refractivity contribution >= 4 is 18.3 Å². The summed E-state index contributed by atoms with van der Waals surface area (Å²) >= 11 is 0. The van der Waals surface area contributed by atoms with Gasteiger partial charge in [0.15, 0.2) is 11.5 Å². The second kappa shape index (κ2) is 8.25. The van der Waals surface area contributed by atoms with Crippen LogP contribution in [0.15, 0.2) is 18.2 Å². The highest BCUT2D eigenvalue weighted by atomic mass is 35.5. The molecule has 2 rings (SSSR count). The van der Waals surface area contributed by atoms with Crippen molar-refractivity contribution in [2.75, 3.05) is 19.8 Å². The first-order valence-corrected chi connectivity index (χ1v) is 7.56. The molecule has 1 aliphatic heterocycles. The van der Waals surface area contributed by atoms with E-state index in [0.29, 0.717) is 36.8 Å². The fraction of sp³-hybridized carbons (Fsp3) is 0.562. The maximum atomic E-state index is 12.4. The number of amides is 1. The fourth-order valence-corrected chi connectivity index (χ4v) is 2.38. The van der Waals surface area contributed by atoms with Gasteiger partial charge in [-0.2, -0.15) is 0 Å². The molecule has 22 heavy (non-hydrogen) atoms. The van der Waals surface area contributed by atoms with E-state index in [2.05, 4.69) is 5.32 Å². The van der Waals surface area contributed by atoms with Crippen LogP contribution < -0.4 is 20.5 Å². The van der Waals surface area contributed by atoms with Crippen LogP contribution in [0.3, 0.4) is 0 Å². The van der Waals surface area contributed by atoms with Gasteiger partial charge < -0.3 is 20.5 Å². The molecule has 0 atom stereocenters. The molecule has 0 aromatic heterocycles. The summed E-state index contributed by atoms with van der Waals surface area (Å²) in [5.41, 5.74) is 6.05. The normalized spacial score (nSPS) is 13.8. The Labute approximate surface area is 138 Å². The third kappa shape index (κ3) is 4.05. The topological polar surface area (TPSA) is 73.6 Å². The Hall–Kier alpha value is -1.46. The first-order valence-electron chi connectivity index (χ1n) is 7.56. The highest BCUT2D eigenvalue weighted by Gasteiger charge is 2.27. The number of rotatable bonds is 5. The van der Waals surface area contributed by atoms with E-state index in [1.54, 1.807) is 18.2 Å². The van der Waals surface area contributed by atoms with E-state index in [1.165, 1.54) is 0 Å². The Morgan fingerprint density at radius 2 is 1.86 bits per heavy atom. The summed E-state index contributed by atoms with van der Waals surface area (Å²) in [5, 5.41) is 3.06. The number of nitrogens with one attached hydrogen (secondary N) is 1. The molecule has 5 nitrogen and oxygen atoms in total. The number of carbonyl (C=O) groups is 1. The van der Waals surface area contributed by atoms with Gasteiger partial charge in [-0.25, -0.2) is 0 Å². The van der Waals surface area contributed by atoms with E-state index in [-0.39, 0.29) is 23.9 Å². The van der Waals surface area contributed by atoms with Gasteiger partial charge in [-0.1, -0.05) is 13.8 Å². The van der Waals surface area contributed by atoms with Gasteiger partial charge in [0.25, 0.3) is 5.91 Å². The first-order chi connectivity index (χ1) is 10.1. The average molecular weight is 329 g/mol. The van der Waals surface area contributed by atoms with Crippen LogP contribution >= 0.6 is 12.4 Å². The smallest absolute Gasteiger partial charge is 0.251 e. The van der Waals surface area contributed by atoms with Gasteiger partial charge >= 0.3 is 0 Å². The van der Waals surface area contributed by atoms with E-state index in [9.17, 15) is 4.79 Å². The van der Waals surface area contributed by atoms with Crippen molar-refractivity contribution in [1.29, 1.82) is 0 Å². The third-order valence-electron chi connectivity index (χ3n) is 4.13. The van der Waals surface area contributed by atoms with Crippen molar-refractivity contribution in [3.8, 4) is 11.5 Å². The summed E-state index contributed by atoms with van der Waals surface area (Å²) in [5.74, 6) is 1.20. The van der Waals surface area contributed by atoms with Crippen LogP contribution in [-0.2, 0) is 0 Å². The van der Waals surface area contributed by atoms with Crippen molar-refractivity contribution in [2.24, 2.45) is 5.73 Å². The number of benzene rings is 1. The van der Waals surface area contributed by atoms with Crippen molar-refractivity contribution < 1.29 is 14.3 Å². The van der Waals surface area contributed by atoms with Crippen LogP contribution in [0.1, 0.15) is 43.5 Å². The van der Waals surface area contributed by atoms with E-state index < -0.39 is 0 Å². The van der Waals surface area contributed by atoms with Crippen LogP contribution in [0.4, 0.5) is 0 Å². The minimum absolute atomic E-state index is 0. The number of hydrogen-bond donors (Lipinski definition) is 2. The third-order valence-corrected chi connectivity index (χ3v) is 4.13. The lowest BCUT2D eigenvalue weighted by Gasteiger charge is -2.31. The van der Waals surface area contributed by atoms with Gasteiger partial charge in [-0.15, -0.1) is 12.4 Å². The van der Waals surface area contributed by atoms with E-state index in [0.717, 1.165) is 19.3 Å². The lowest BCUT2D eigenvalue weighted by molar-refractivity contribution is 0.0895. The molecule has 0 saturated carbocycles. The summed E-state index contributed by atoms with van der Waals surface area (Å²) < 4.78 is 11.2. The van der Waals surface area contributed by atoms with Gasteiger partial charge in [0, 0.05) is 18.5 Å². The lowest BCUT2D eigenvalue weighted by Crippen LogP contribution is -2.52. The van der Waals surface area contributed by atoms with Crippen molar-refractivity contribution in [3.63, 3.8) is 0 Å². The van der Waals surface area contributed by atoms with Crippen molar-refractivity contribution in [3.05, 3.63) is 23.8 Å². The van der Waals surface area contributed by atoms with E-state index >= 15 is 0 Å². The maximum absolute atomic E-state index is 12.4. The van der Waals surface area contributed by atoms with Gasteiger partial charge in [-0.05, 0) is 31.0 Å². The monoisotopic (exact) mass is 328 g/mol. The summed E-state index contributed by atoms with van der Waals surface area (Å²) in [7, 11) is 0. The van der Waals surface area contributed by atoms with Gasteiger partial charge in [0.05, 0.1) is 18.8 Å². The number of halogens is 1. The minimum atomic E-state index is -0.346. The Kier molecular flexibility index (Phi) is 6.97. The molecule has 0 fully saturated rings. The predicted octanol–water partition coefficient (Wildman–Crippen LogP) is 2.52. The van der Waals surface area contributed by atoms with Gasteiger partial charge in [-0.3, -0.25) is 4.79 Å². The second-order valence-corrected chi connectivity index (χ2v) is 5.36. The summed E-state index contributed by atoms with van der Waals surface area (Å²) in [4.78, 5) is 12.4. The SMILES string of the molecule is CCC(CC)(CN)NC(=O)c1ccc2c(c1)OCCCO2.Cl. The van der Waals surface area contributed by atoms with Gasteiger partial charge in [0.2, 0.25) is 0 Å². The van der Waals surface area contributed by atoms with E-state index in [4.69, 9.17) is 15.2 Å². The average Bonchev–Trinajstić information content (AvgIpc) is 2.77. The molecule has 0 aliphatic carbocycles. The number of carbonyl (C=O) groups excluding carboxylic acids is 1. The zero-order valence-corrected chi connectivity index (χ0v) is 14.0. The lowest BCUT2D eigenvalue weighted by atomic mass is 9.92. The molecular formula is C16H25ClN2O3. The zero-order chi connectivity index (χ0) is 15.3. The second-order valence-electron chi connectivity index (χ2n) is 5.36. The quantitative estimate of drug-likeness (QED) is 0.871. The Morgan fingerprint density at radius 1 is 1.23 bits per heavy atom. The molecular weight excluding hydrogens is 304 g/mol. The highest BCUT2D eigenvalue weighted by Crippen LogP contribution is 2.30. The summed E-state index contributed by atoms with van der Waals surface area (Å²) in [6.45, 7) is 5.74. The number of hydrogen-bond acceptors (Lipinski definition) is 4. The molecule has 6 heteroatoms. The highest BCUT2D eigenvalue weighted by molar-refractivity contribution is 5.95. The molecule has 0 bridgehead atoms. The Bertz CT molecular complexity index is 496. The minimum Gasteiger partial charge on any atom is -0.490 e. The largest absolute Gasteiger partial charge is 0.490 e. The molecule has 1 aromatic carbocycles. The Balaban J connectivity index is 0.00000242. The maximum Gasteiger partial charge on any atom is 0.251 e. The Morgan fingerprint density at radius 3 is 2.45 bits per heavy atom. The van der Waals surface area contributed by atoms with Crippen molar-refractivity contribution in [1.82, 2.24) is 5.32 Å². The molecule has 3 N–H and O–H groups in total. The van der Waals surface area contributed by atoms with Crippen LogP contribution in [0.2, 0.25) is 0 Å². The van der Waals surface area contributed by atoms with Crippen LogP contribution in [-0.4, -0.2) is 31.2 Å². The summed E-state index contributed by atoms with van der Waals surface area (Å²) in [6, 6.07) is 5.29. The molecule has 1 aliphatic rings. The first kappa shape index (κ1) is 18.6. The predicted molar refractivity (Wildman–Crippen MR) is 89.1 cm³/mol. The zero-order valence-electron chi connectivity index (χ0n) is 13.2. The van der Waals surface area contributed by atoms with Crippen LogP contribution in [0.5, 0.6) is 11.5 Å². The standard InChI is InChI=1S/C16H24N2O3.ClH/c1-3-16(4-2,11-17)18-15(19)12-6-7-13-14(10-12)21-9-5-8-20-13;/h6-7,10H,3-5,8-9,11,17H2,1-2H3,(H,18,19);1H. The number of ether oxygens (including phenoxy) is 2. The molecule has 0 saturated heterocycles. The fourth-order valence-electron chi connectivity index (χ4n) is 2.38. The molecule has 0 unspecified atom stereocenters. The number of fused-ring (bicyclic) bond motifs is 1. The molecule has 1 heterocycles. The van der Waals surface area contributed by atoms with Crippen LogP contribution in [0.25, 0.3) is 0 Å². The molecule has 124 valence electrons. The van der Waals surface area contributed by atoms with Gasteiger partial charge in [0.1, 0.15) is 0 Å². The molecule has 0 radical (unpaired) electrons. The summed E-state index contributed by atoms with van der Waals surface area (Å²) in [6.07, 6.45) is 2.45. The molecule has 1 amide bonds. The molecule has 1 aromatic rings. The van der Waals surface area contributed by atoms with Crippen LogP contribution in [0, 0.1) is 0 Å². The van der Waals surface area contributed by atoms with Crippen molar-refractivity contribution in [2.45, 2.75) is 38.6 Å². The van der Waals surface area contributed by atoms with E-state index in [1.807, 2.05) is 13.8 Å². The number of nitrogens with two attached hydrogens (primary N) is 1.